The fourth-order valence-electron chi connectivity index (χ4n) is 2.95. The number of guanidine groups is 1. The summed E-state index contributed by atoms with van der Waals surface area (Å²) in [4.78, 5) is 18.2. The van der Waals surface area contributed by atoms with Gasteiger partial charge in [-0.2, -0.15) is 5.26 Å². The highest BCUT2D eigenvalue weighted by molar-refractivity contribution is 5.98. The summed E-state index contributed by atoms with van der Waals surface area (Å²) in [6, 6.07) is 13.3. The van der Waals surface area contributed by atoms with E-state index in [-0.39, 0.29) is 18.3 Å². The predicted molar refractivity (Wildman–Crippen MR) is 94.7 cm³/mol. The third-order valence-electron chi connectivity index (χ3n) is 4.57. The molecule has 1 aromatic carbocycles. The normalized spacial score (nSPS) is 20.2. The average molecular weight is 333 g/mol. The van der Waals surface area contributed by atoms with Gasteiger partial charge < -0.3 is 5.32 Å². The number of nitriles is 1. The summed E-state index contributed by atoms with van der Waals surface area (Å²) >= 11 is 0. The molecule has 1 atom stereocenters. The van der Waals surface area contributed by atoms with Crippen molar-refractivity contribution in [3.63, 3.8) is 0 Å². The molecule has 6 nitrogen and oxygen atoms in total. The fraction of sp³-hybridized carbons (Fsp3) is 0.263. The Morgan fingerprint density at radius 1 is 1.36 bits per heavy atom. The molecule has 0 spiro atoms. The first-order valence-electron chi connectivity index (χ1n) is 7.96. The quantitative estimate of drug-likeness (QED) is 0.883. The molecule has 0 unspecified atom stereocenters. The number of hydrogen-bond acceptors (Lipinski definition) is 4. The number of rotatable bonds is 2. The lowest BCUT2D eigenvalue weighted by Gasteiger charge is -2.38. The minimum absolute atomic E-state index is 0.0635. The summed E-state index contributed by atoms with van der Waals surface area (Å²) in [6.07, 6.45) is 0.222. The van der Waals surface area contributed by atoms with Crippen LogP contribution >= 0.6 is 0 Å². The maximum atomic E-state index is 12.2. The number of hydrogen-bond donors (Lipinski definition) is 2. The standard InChI is InChI=1S/C19H19N5O/c1-12-7-8-13(11-20)9-14(12)15-5-4-6-16(22-15)19(2)10-17(25)24(3)18(21)23-19/h4-9H,10H2,1-3H3,(H2,21,23)/t19-/m0/s1. The zero-order valence-corrected chi connectivity index (χ0v) is 14.4. The first-order chi connectivity index (χ1) is 11.8. The van der Waals surface area contributed by atoms with Gasteiger partial charge in [0, 0.05) is 12.6 Å². The van der Waals surface area contributed by atoms with E-state index in [1.165, 1.54) is 4.90 Å². The van der Waals surface area contributed by atoms with Gasteiger partial charge in [0.15, 0.2) is 5.96 Å². The van der Waals surface area contributed by atoms with Crippen LogP contribution in [-0.4, -0.2) is 28.8 Å². The van der Waals surface area contributed by atoms with Crippen molar-refractivity contribution in [2.45, 2.75) is 25.8 Å². The molecule has 2 heterocycles. The van der Waals surface area contributed by atoms with Crippen LogP contribution in [0.15, 0.2) is 36.4 Å². The molecular weight excluding hydrogens is 314 g/mol. The van der Waals surface area contributed by atoms with Gasteiger partial charge in [0.1, 0.15) is 0 Å². The van der Waals surface area contributed by atoms with Gasteiger partial charge in [0.25, 0.3) is 0 Å². The molecule has 1 saturated heterocycles. The first kappa shape index (κ1) is 16.7. The highest BCUT2D eigenvalue weighted by Gasteiger charge is 2.39. The van der Waals surface area contributed by atoms with Gasteiger partial charge in [0.2, 0.25) is 5.91 Å². The molecule has 0 saturated carbocycles. The Bertz CT molecular complexity index is 894. The number of nitrogens with one attached hydrogen (secondary N) is 2. The van der Waals surface area contributed by atoms with Crippen molar-refractivity contribution in [1.29, 1.82) is 10.7 Å². The van der Waals surface area contributed by atoms with E-state index in [0.29, 0.717) is 11.3 Å². The molecule has 0 aliphatic carbocycles. The highest BCUT2D eigenvalue weighted by atomic mass is 16.2. The zero-order chi connectivity index (χ0) is 18.2. The third-order valence-corrected chi connectivity index (χ3v) is 4.57. The van der Waals surface area contributed by atoms with Crippen molar-refractivity contribution in [1.82, 2.24) is 15.2 Å². The Kier molecular flexibility index (Phi) is 4.01. The number of nitrogens with zero attached hydrogens (tertiary/aromatic N) is 3. The van der Waals surface area contributed by atoms with Crippen molar-refractivity contribution in [3.8, 4) is 17.3 Å². The van der Waals surface area contributed by atoms with E-state index >= 15 is 0 Å². The van der Waals surface area contributed by atoms with Crippen molar-refractivity contribution >= 4 is 11.9 Å². The molecule has 126 valence electrons. The molecule has 1 aromatic heterocycles. The number of benzene rings is 1. The molecule has 0 radical (unpaired) electrons. The van der Waals surface area contributed by atoms with Crippen LogP contribution in [0.2, 0.25) is 0 Å². The second-order valence-electron chi connectivity index (χ2n) is 6.48. The van der Waals surface area contributed by atoms with E-state index in [9.17, 15) is 4.79 Å². The van der Waals surface area contributed by atoms with Crippen LogP contribution in [0.5, 0.6) is 0 Å². The topological polar surface area (TPSA) is 92.9 Å². The summed E-state index contributed by atoms with van der Waals surface area (Å²) in [5, 5.41) is 20.2. The van der Waals surface area contributed by atoms with E-state index in [4.69, 9.17) is 15.7 Å². The van der Waals surface area contributed by atoms with Gasteiger partial charge in [0.05, 0.1) is 35.0 Å². The van der Waals surface area contributed by atoms with Gasteiger partial charge in [-0.05, 0) is 43.7 Å². The van der Waals surface area contributed by atoms with Crippen LogP contribution in [0.1, 0.15) is 30.2 Å². The summed E-state index contributed by atoms with van der Waals surface area (Å²) in [7, 11) is 1.58. The lowest BCUT2D eigenvalue weighted by atomic mass is 9.90. The van der Waals surface area contributed by atoms with Gasteiger partial charge in [-0.1, -0.05) is 12.1 Å². The van der Waals surface area contributed by atoms with Crippen molar-refractivity contribution < 1.29 is 4.79 Å². The molecule has 2 N–H and O–H groups in total. The van der Waals surface area contributed by atoms with Gasteiger partial charge in [-0.15, -0.1) is 0 Å². The maximum absolute atomic E-state index is 12.2. The molecule has 3 rings (SSSR count). The van der Waals surface area contributed by atoms with E-state index in [2.05, 4.69) is 11.4 Å². The van der Waals surface area contributed by atoms with E-state index in [1.54, 1.807) is 13.1 Å². The number of carbonyl (C=O) groups is 1. The Hall–Kier alpha value is -3.20. The van der Waals surface area contributed by atoms with Crippen LogP contribution < -0.4 is 5.32 Å². The van der Waals surface area contributed by atoms with Crippen LogP contribution in [0, 0.1) is 23.7 Å². The molecule has 1 amide bonds. The number of aryl methyl sites for hydroxylation is 1. The average Bonchev–Trinajstić information content (AvgIpc) is 2.60. The van der Waals surface area contributed by atoms with E-state index < -0.39 is 5.54 Å². The summed E-state index contributed by atoms with van der Waals surface area (Å²) in [6.45, 7) is 3.84. The maximum Gasteiger partial charge on any atom is 0.231 e. The van der Waals surface area contributed by atoms with E-state index in [1.807, 2.05) is 44.2 Å². The minimum Gasteiger partial charge on any atom is -0.345 e. The van der Waals surface area contributed by atoms with Crippen molar-refractivity contribution in [3.05, 3.63) is 53.2 Å². The number of amides is 1. The lowest BCUT2D eigenvalue weighted by molar-refractivity contribution is -0.129. The number of aromatic nitrogens is 1. The Morgan fingerprint density at radius 3 is 2.80 bits per heavy atom. The largest absolute Gasteiger partial charge is 0.345 e. The van der Waals surface area contributed by atoms with Crippen molar-refractivity contribution in [2.75, 3.05) is 7.05 Å². The summed E-state index contributed by atoms with van der Waals surface area (Å²) in [5.74, 6) is -0.0604. The van der Waals surface area contributed by atoms with Gasteiger partial charge in [-0.25, -0.2) is 0 Å². The van der Waals surface area contributed by atoms with Gasteiger partial charge >= 0.3 is 0 Å². The minimum atomic E-state index is -0.739. The molecule has 0 bridgehead atoms. The smallest absolute Gasteiger partial charge is 0.231 e. The van der Waals surface area contributed by atoms with E-state index in [0.717, 1.165) is 16.8 Å². The molecule has 2 aromatic rings. The molecule has 6 heteroatoms. The summed E-state index contributed by atoms with van der Waals surface area (Å²) in [5.41, 5.74) is 3.18. The van der Waals surface area contributed by atoms with Crippen LogP contribution in [0.3, 0.4) is 0 Å². The Morgan fingerprint density at radius 2 is 2.12 bits per heavy atom. The highest BCUT2D eigenvalue weighted by Crippen LogP contribution is 2.30. The first-order valence-corrected chi connectivity index (χ1v) is 7.96. The van der Waals surface area contributed by atoms with Crippen LogP contribution in [0.25, 0.3) is 11.3 Å². The fourth-order valence-corrected chi connectivity index (χ4v) is 2.95. The van der Waals surface area contributed by atoms with Crippen molar-refractivity contribution in [2.24, 2.45) is 0 Å². The molecule has 1 fully saturated rings. The second kappa shape index (κ2) is 6.02. The number of carbonyl (C=O) groups excluding carboxylic acids is 1. The van der Waals surface area contributed by atoms with Crippen LogP contribution in [-0.2, 0) is 10.3 Å². The van der Waals surface area contributed by atoms with Gasteiger partial charge in [-0.3, -0.25) is 20.1 Å². The third kappa shape index (κ3) is 2.96. The Labute approximate surface area is 146 Å². The lowest BCUT2D eigenvalue weighted by Crippen LogP contribution is -2.58. The summed E-state index contributed by atoms with van der Waals surface area (Å²) < 4.78 is 0. The Balaban J connectivity index is 2.05. The monoisotopic (exact) mass is 333 g/mol. The zero-order valence-electron chi connectivity index (χ0n) is 14.4. The second-order valence-corrected chi connectivity index (χ2v) is 6.48. The predicted octanol–water partition coefficient (Wildman–Crippen LogP) is 2.53. The molecular formula is C19H19N5O. The SMILES string of the molecule is Cc1ccc(C#N)cc1-c1cccc([C@]2(C)CC(=O)N(C)C(=N)N2)n1. The molecule has 1 aliphatic heterocycles. The molecule has 25 heavy (non-hydrogen) atoms. The van der Waals surface area contributed by atoms with Crippen LogP contribution in [0.4, 0.5) is 0 Å². The molecule has 1 aliphatic rings. The number of pyridine rings is 1.